The first-order valence-electron chi connectivity index (χ1n) is 8.24. The molecule has 0 bridgehead atoms. The molecule has 1 heterocycles. The average molecular weight is 368 g/mol. The molecule has 0 radical (unpaired) electrons. The number of ether oxygens (including phenoxy) is 1. The van der Waals surface area contributed by atoms with Crippen molar-refractivity contribution in [1.82, 2.24) is 0 Å². The highest BCUT2D eigenvalue weighted by molar-refractivity contribution is 5.92. The lowest BCUT2D eigenvalue weighted by Gasteiger charge is -2.23. The third kappa shape index (κ3) is 2.89. The van der Waals surface area contributed by atoms with Crippen molar-refractivity contribution in [3.8, 4) is 34.3 Å². The fourth-order valence-electron chi connectivity index (χ4n) is 2.99. The molecular weight excluding hydrogens is 348 g/mol. The van der Waals surface area contributed by atoms with Crippen LogP contribution < -0.4 is 10.2 Å². The van der Waals surface area contributed by atoms with Crippen molar-refractivity contribution in [3.05, 3.63) is 58.8 Å². The second kappa shape index (κ2) is 6.39. The molecule has 0 saturated heterocycles. The summed E-state index contributed by atoms with van der Waals surface area (Å²) < 4.78 is 11.0. The highest BCUT2D eigenvalue weighted by Crippen LogP contribution is 2.43. The van der Waals surface area contributed by atoms with E-state index in [-0.39, 0.29) is 28.0 Å². The summed E-state index contributed by atoms with van der Waals surface area (Å²) in [6.45, 7) is 7.33. The van der Waals surface area contributed by atoms with E-state index < -0.39 is 22.3 Å². The SMILES string of the molecule is C=CC(C)(C)c1c(O)cc(O)c2c(=O)c(O)c(-c3ccc(OC)cc3)oc12. The Morgan fingerprint density at radius 3 is 2.30 bits per heavy atom. The zero-order chi connectivity index (χ0) is 19.9. The Kier molecular flexibility index (Phi) is 4.35. The topological polar surface area (TPSA) is 100 Å². The van der Waals surface area contributed by atoms with Crippen LogP contribution in [0.25, 0.3) is 22.3 Å². The van der Waals surface area contributed by atoms with Crippen molar-refractivity contribution in [2.75, 3.05) is 7.11 Å². The summed E-state index contributed by atoms with van der Waals surface area (Å²) in [7, 11) is 1.53. The van der Waals surface area contributed by atoms with E-state index >= 15 is 0 Å². The van der Waals surface area contributed by atoms with E-state index in [1.165, 1.54) is 7.11 Å². The highest BCUT2D eigenvalue weighted by Gasteiger charge is 2.29. The van der Waals surface area contributed by atoms with Gasteiger partial charge >= 0.3 is 0 Å². The Hall–Kier alpha value is -3.41. The lowest BCUT2D eigenvalue weighted by molar-refractivity contribution is 0.414. The van der Waals surface area contributed by atoms with Crippen molar-refractivity contribution in [2.45, 2.75) is 19.3 Å². The molecule has 6 heteroatoms. The number of allylic oxidation sites excluding steroid dienone is 1. The largest absolute Gasteiger partial charge is 0.507 e. The second-order valence-corrected chi connectivity index (χ2v) is 6.76. The van der Waals surface area contributed by atoms with Gasteiger partial charge in [-0.15, -0.1) is 6.58 Å². The van der Waals surface area contributed by atoms with Crippen LogP contribution in [0, 0.1) is 0 Å². The van der Waals surface area contributed by atoms with E-state index in [2.05, 4.69) is 6.58 Å². The predicted molar refractivity (Wildman–Crippen MR) is 103 cm³/mol. The maximum absolute atomic E-state index is 12.7. The molecule has 3 aromatic rings. The van der Waals surface area contributed by atoms with Gasteiger partial charge in [-0.1, -0.05) is 19.9 Å². The van der Waals surface area contributed by atoms with Crippen LogP contribution in [0.5, 0.6) is 23.0 Å². The third-order valence-electron chi connectivity index (χ3n) is 4.61. The maximum Gasteiger partial charge on any atom is 0.238 e. The first kappa shape index (κ1) is 18.4. The molecule has 0 atom stereocenters. The van der Waals surface area contributed by atoms with Gasteiger partial charge in [-0.2, -0.15) is 0 Å². The van der Waals surface area contributed by atoms with Gasteiger partial charge in [0.05, 0.1) is 7.11 Å². The van der Waals surface area contributed by atoms with Crippen LogP contribution in [-0.4, -0.2) is 22.4 Å². The van der Waals surface area contributed by atoms with Crippen LogP contribution in [0.4, 0.5) is 0 Å². The zero-order valence-corrected chi connectivity index (χ0v) is 15.2. The van der Waals surface area contributed by atoms with E-state index in [4.69, 9.17) is 9.15 Å². The van der Waals surface area contributed by atoms with Crippen LogP contribution in [0.15, 0.2) is 52.2 Å². The summed E-state index contributed by atoms with van der Waals surface area (Å²) in [5.74, 6) is -0.807. The molecule has 2 aromatic carbocycles. The van der Waals surface area contributed by atoms with Crippen LogP contribution >= 0.6 is 0 Å². The number of phenols is 2. The quantitative estimate of drug-likeness (QED) is 0.601. The van der Waals surface area contributed by atoms with Gasteiger partial charge in [0.15, 0.2) is 5.76 Å². The number of rotatable bonds is 4. The minimum absolute atomic E-state index is 0.00832. The summed E-state index contributed by atoms with van der Waals surface area (Å²) in [4.78, 5) is 12.7. The molecule has 0 saturated carbocycles. The Labute approximate surface area is 155 Å². The first-order valence-corrected chi connectivity index (χ1v) is 8.24. The lowest BCUT2D eigenvalue weighted by Crippen LogP contribution is -2.15. The smallest absolute Gasteiger partial charge is 0.238 e. The Morgan fingerprint density at radius 2 is 1.74 bits per heavy atom. The molecule has 1 aromatic heterocycles. The van der Waals surface area contributed by atoms with Gasteiger partial charge in [0.25, 0.3) is 0 Å². The zero-order valence-electron chi connectivity index (χ0n) is 15.2. The van der Waals surface area contributed by atoms with Crippen molar-refractivity contribution in [1.29, 1.82) is 0 Å². The monoisotopic (exact) mass is 368 g/mol. The van der Waals surface area contributed by atoms with E-state index in [0.717, 1.165) is 6.07 Å². The number of hydrogen-bond donors (Lipinski definition) is 3. The molecule has 0 aliphatic carbocycles. The molecule has 0 aliphatic heterocycles. The van der Waals surface area contributed by atoms with Gasteiger partial charge in [0.2, 0.25) is 11.2 Å². The third-order valence-corrected chi connectivity index (χ3v) is 4.61. The molecule has 0 aliphatic rings. The van der Waals surface area contributed by atoms with E-state index in [1.54, 1.807) is 44.2 Å². The van der Waals surface area contributed by atoms with Gasteiger partial charge < -0.3 is 24.5 Å². The Bertz CT molecular complexity index is 1090. The number of fused-ring (bicyclic) bond motifs is 1. The van der Waals surface area contributed by atoms with Crippen molar-refractivity contribution < 1.29 is 24.5 Å². The molecule has 3 N–H and O–H groups in total. The minimum atomic E-state index is -0.791. The van der Waals surface area contributed by atoms with Crippen LogP contribution in [-0.2, 0) is 5.41 Å². The van der Waals surface area contributed by atoms with Gasteiger partial charge in [-0.25, -0.2) is 0 Å². The summed E-state index contributed by atoms with van der Waals surface area (Å²) in [5, 5.41) is 30.8. The highest BCUT2D eigenvalue weighted by atomic mass is 16.5. The number of phenolic OH excluding ortho intramolecular Hbond substituents is 2. The molecule has 0 fully saturated rings. The molecule has 3 rings (SSSR count). The normalized spacial score (nSPS) is 11.5. The van der Waals surface area contributed by atoms with Crippen molar-refractivity contribution in [3.63, 3.8) is 0 Å². The Morgan fingerprint density at radius 1 is 1.11 bits per heavy atom. The maximum atomic E-state index is 12.7. The predicted octanol–water partition coefficient (Wildman–Crippen LogP) is 4.05. The fourth-order valence-corrected chi connectivity index (χ4v) is 2.99. The standard InChI is InChI=1S/C21H20O6/c1-5-21(2,3)16-14(23)10-13(22)15-17(24)18(25)19(27-20(15)16)11-6-8-12(26-4)9-7-11/h5-10,22-23,25H,1H2,2-4H3. The minimum Gasteiger partial charge on any atom is -0.507 e. The summed E-state index contributed by atoms with van der Waals surface area (Å²) in [6, 6.07) is 7.64. The average Bonchev–Trinajstić information content (AvgIpc) is 2.64. The van der Waals surface area contributed by atoms with Crippen molar-refractivity contribution >= 4 is 11.0 Å². The summed E-state index contributed by atoms with van der Waals surface area (Å²) in [5.41, 5.74) is -0.832. The van der Waals surface area contributed by atoms with Gasteiger partial charge in [-0.3, -0.25) is 4.79 Å². The lowest BCUT2D eigenvalue weighted by atomic mass is 9.83. The van der Waals surface area contributed by atoms with Gasteiger partial charge in [0, 0.05) is 22.6 Å². The van der Waals surface area contributed by atoms with Gasteiger partial charge in [-0.05, 0) is 24.3 Å². The van der Waals surface area contributed by atoms with E-state index in [1.807, 2.05) is 0 Å². The van der Waals surface area contributed by atoms with Crippen LogP contribution in [0.3, 0.4) is 0 Å². The van der Waals surface area contributed by atoms with E-state index in [0.29, 0.717) is 11.3 Å². The Balaban J connectivity index is 2.44. The summed E-state index contributed by atoms with van der Waals surface area (Å²) in [6.07, 6.45) is 1.60. The number of methoxy groups -OCH3 is 1. The second-order valence-electron chi connectivity index (χ2n) is 6.76. The molecule has 0 spiro atoms. The van der Waals surface area contributed by atoms with E-state index in [9.17, 15) is 20.1 Å². The number of aromatic hydroxyl groups is 3. The molecule has 0 amide bonds. The van der Waals surface area contributed by atoms with Crippen molar-refractivity contribution in [2.24, 2.45) is 0 Å². The van der Waals surface area contributed by atoms with Crippen LogP contribution in [0.2, 0.25) is 0 Å². The molecule has 6 nitrogen and oxygen atoms in total. The van der Waals surface area contributed by atoms with Gasteiger partial charge in [0.1, 0.15) is 28.2 Å². The number of benzene rings is 2. The molecule has 27 heavy (non-hydrogen) atoms. The number of hydrogen-bond acceptors (Lipinski definition) is 6. The molecule has 140 valence electrons. The van der Waals surface area contributed by atoms with Crippen LogP contribution in [0.1, 0.15) is 19.4 Å². The molecule has 0 unspecified atom stereocenters. The fraction of sp³-hybridized carbons (Fsp3) is 0.190. The summed E-state index contributed by atoms with van der Waals surface area (Å²) >= 11 is 0. The first-order chi connectivity index (χ1) is 12.7. The molecular formula is C21H20O6.